The highest BCUT2D eigenvalue weighted by Gasteiger charge is 2.19. The molecule has 1 N–H and O–H groups in total. The molecule has 0 spiro atoms. The molecule has 62 valence electrons. The highest BCUT2D eigenvalue weighted by atomic mass is 31.1. The zero-order valence-electron chi connectivity index (χ0n) is 6.60. The molecular weight excluding hydrogens is 171 g/mol. The molecule has 0 aliphatic heterocycles. The van der Waals surface area contributed by atoms with Crippen LogP contribution in [0.15, 0.2) is 36.9 Å². The van der Waals surface area contributed by atoms with Crippen molar-refractivity contribution >= 4 is 13.3 Å². The maximum absolute atomic E-state index is 10.8. The van der Waals surface area contributed by atoms with Crippen LogP contribution >= 0.6 is 8.03 Å². The molecule has 3 heteroatoms. The van der Waals surface area contributed by atoms with Crippen molar-refractivity contribution in [1.82, 2.24) is 0 Å². The minimum Gasteiger partial charge on any atom is -0.156 e. The monoisotopic (exact) mass is 181 g/mol. The highest BCUT2D eigenvalue weighted by molar-refractivity contribution is 7.47. The summed E-state index contributed by atoms with van der Waals surface area (Å²) in [6.45, 7) is 3.58. The van der Waals surface area contributed by atoms with E-state index < -0.39 is 8.03 Å². The van der Waals surface area contributed by atoms with Gasteiger partial charge in [-0.25, -0.2) is 0 Å². The third-order valence-corrected chi connectivity index (χ3v) is 2.41. The summed E-state index contributed by atoms with van der Waals surface area (Å²) in [5.41, 5.74) is 0.871. The number of allylic oxidation sites excluding steroid dienone is 1. The summed E-state index contributed by atoms with van der Waals surface area (Å²) in [7, 11) is -2.23. The Morgan fingerprint density at radius 3 is 2.75 bits per heavy atom. The second-order valence-corrected chi connectivity index (χ2v) is 3.42. The van der Waals surface area contributed by atoms with Crippen LogP contribution in [0.5, 0.6) is 0 Å². The molecule has 12 heavy (non-hydrogen) atoms. The van der Waals surface area contributed by atoms with E-state index in [1.165, 1.54) is 0 Å². The predicted molar refractivity (Wildman–Crippen MR) is 49.8 cm³/mol. The minimum absolute atomic E-state index is 0.507. The van der Waals surface area contributed by atoms with Crippen LogP contribution in [0.25, 0.3) is 0 Å². The highest BCUT2D eigenvalue weighted by Crippen LogP contribution is 2.16. The molecule has 0 heterocycles. The molecule has 0 amide bonds. The summed E-state index contributed by atoms with van der Waals surface area (Å²) >= 11 is 0. The first-order chi connectivity index (χ1) is 5.75. The first-order valence-corrected chi connectivity index (χ1v) is 4.82. The SMILES string of the molecule is C=CCc1ccccc1[P+](=O)O. The van der Waals surface area contributed by atoms with E-state index in [2.05, 4.69) is 6.58 Å². The fraction of sp³-hybridized carbons (Fsp3) is 0.111. The molecule has 0 aliphatic rings. The smallest absolute Gasteiger partial charge is 0.156 e. The third kappa shape index (κ3) is 2.00. The van der Waals surface area contributed by atoms with Gasteiger partial charge in [0.2, 0.25) is 5.30 Å². The molecule has 1 rings (SSSR count). The summed E-state index contributed by atoms with van der Waals surface area (Å²) in [4.78, 5) is 8.91. The van der Waals surface area contributed by atoms with Gasteiger partial charge in [0, 0.05) is 5.56 Å². The Hall–Kier alpha value is -0.980. The predicted octanol–water partition coefficient (Wildman–Crippen LogP) is 1.78. The average molecular weight is 181 g/mol. The summed E-state index contributed by atoms with van der Waals surface area (Å²) in [5.74, 6) is 0. The summed E-state index contributed by atoms with van der Waals surface area (Å²) in [6.07, 6.45) is 2.36. The normalized spacial score (nSPS) is 10.9. The first kappa shape index (κ1) is 9.11. The molecule has 1 atom stereocenters. The van der Waals surface area contributed by atoms with E-state index in [0.717, 1.165) is 5.56 Å². The number of hydrogen-bond acceptors (Lipinski definition) is 1. The van der Waals surface area contributed by atoms with Gasteiger partial charge in [-0.1, -0.05) is 24.3 Å². The van der Waals surface area contributed by atoms with E-state index in [-0.39, 0.29) is 0 Å². The zero-order chi connectivity index (χ0) is 8.97. The first-order valence-electron chi connectivity index (χ1n) is 3.60. The van der Waals surface area contributed by atoms with Crippen LogP contribution in [0.1, 0.15) is 5.56 Å². The largest absolute Gasteiger partial charge is 0.546 e. The molecule has 0 saturated heterocycles. The van der Waals surface area contributed by atoms with E-state index in [4.69, 9.17) is 4.89 Å². The van der Waals surface area contributed by atoms with E-state index in [1.807, 2.05) is 12.1 Å². The van der Waals surface area contributed by atoms with Crippen molar-refractivity contribution in [3.05, 3.63) is 42.5 Å². The second-order valence-electron chi connectivity index (χ2n) is 2.39. The second kappa shape index (κ2) is 4.15. The van der Waals surface area contributed by atoms with Crippen molar-refractivity contribution < 1.29 is 9.46 Å². The van der Waals surface area contributed by atoms with Crippen molar-refractivity contribution in [3.8, 4) is 0 Å². The molecule has 0 bridgehead atoms. The lowest BCUT2D eigenvalue weighted by Crippen LogP contribution is -2.03. The van der Waals surface area contributed by atoms with E-state index in [0.29, 0.717) is 11.7 Å². The number of benzene rings is 1. The number of hydrogen-bond donors (Lipinski definition) is 1. The van der Waals surface area contributed by atoms with Crippen LogP contribution < -0.4 is 5.30 Å². The lowest BCUT2D eigenvalue weighted by molar-refractivity contribution is 0.513. The standard InChI is InChI=1S/C9H9O2P/c1-2-5-8-6-3-4-7-9(8)12(10)11/h2-4,6-7H,1,5H2/p+1. The topological polar surface area (TPSA) is 37.3 Å². The van der Waals surface area contributed by atoms with Crippen molar-refractivity contribution in [2.24, 2.45) is 0 Å². The van der Waals surface area contributed by atoms with Crippen LogP contribution in [-0.4, -0.2) is 4.89 Å². The van der Waals surface area contributed by atoms with Gasteiger partial charge in [-0.3, -0.25) is 0 Å². The maximum atomic E-state index is 10.8. The summed E-state index contributed by atoms with van der Waals surface area (Å²) in [6, 6.07) is 7.10. The van der Waals surface area contributed by atoms with E-state index in [1.54, 1.807) is 18.2 Å². The van der Waals surface area contributed by atoms with Gasteiger partial charge in [0.25, 0.3) is 0 Å². The van der Waals surface area contributed by atoms with Crippen LogP contribution in [0.2, 0.25) is 0 Å². The molecule has 0 fully saturated rings. The van der Waals surface area contributed by atoms with Gasteiger partial charge in [-0.15, -0.1) is 6.58 Å². The lowest BCUT2D eigenvalue weighted by atomic mass is 10.1. The fourth-order valence-corrected chi connectivity index (χ4v) is 1.65. The summed E-state index contributed by atoms with van der Waals surface area (Å²) < 4.78 is 10.8. The van der Waals surface area contributed by atoms with Gasteiger partial charge < -0.3 is 0 Å². The van der Waals surface area contributed by atoms with Gasteiger partial charge in [-0.05, 0) is 17.1 Å². The Labute approximate surface area is 72.4 Å². The average Bonchev–Trinajstić information content (AvgIpc) is 2.05. The summed E-state index contributed by atoms with van der Waals surface area (Å²) in [5, 5.41) is 0.507. The van der Waals surface area contributed by atoms with Crippen molar-refractivity contribution in [2.45, 2.75) is 6.42 Å². The zero-order valence-corrected chi connectivity index (χ0v) is 7.50. The van der Waals surface area contributed by atoms with Gasteiger partial charge in [0.15, 0.2) is 0 Å². The quantitative estimate of drug-likeness (QED) is 0.570. The van der Waals surface area contributed by atoms with Crippen molar-refractivity contribution in [3.63, 3.8) is 0 Å². The van der Waals surface area contributed by atoms with Gasteiger partial charge in [-0.2, -0.15) is 4.89 Å². The number of rotatable bonds is 3. The van der Waals surface area contributed by atoms with Gasteiger partial charge in [0.05, 0.1) is 0 Å². The Bertz CT molecular complexity index is 307. The van der Waals surface area contributed by atoms with Crippen molar-refractivity contribution in [1.29, 1.82) is 0 Å². The molecule has 1 aromatic rings. The maximum Gasteiger partial charge on any atom is 0.546 e. The van der Waals surface area contributed by atoms with Crippen LogP contribution in [0, 0.1) is 0 Å². The van der Waals surface area contributed by atoms with E-state index >= 15 is 0 Å². The van der Waals surface area contributed by atoms with Gasteiger partial charge in [0.1, 0.15) is 0 Å². The molecule has 1 unspecified atom stereocenters. The molecule has 0 aromatic heterocycles. The minimum atomic E-state index is -2.23. The Kier molecular flexibility index (Phi) is 3.15. The van der Waals surface area contributed by atoms with Crippen LogP contribution in [0.3, 0.4) is 0 Å². The van der Waals surface area contributed by atoms with Crippen molar-refractivity contribution in [2.75, 3.05) is 0 Å². The fourth-order valence-electron chi connectivity index (χ4n) is 1.03. The molecular formula is C9H10O2P+. The van der Waals surface area contributed by atoms with E-state index in [9.17, 15) is 4.57 Å². The lowest BCUT2D eigenvalue weighted by Gasteiger charge is -1.93. The Morgan fingerprint density at radius 1 is 1.50 bits per heavy atom. The van der Waals surface area contributed by atoms with Gasteiger partial charge >= 0.3 is 8.03 Å². The Morgan fingerprint density at radius 2 is 2.17 bits per heavy atom. The third-order valence-electron chi connectivity index (χ3n) is 1.56. The van der Waals surface area contributed by atoms with Crippen LogP contribution in [-0.2, 0) is 11.0 Å². The molecule has 0 radical (unpaired) electrons. The molecule has 0 aliphatic carbocycles. The molecule has 0 saturated carbocycles. The van der Waals surface area contributed by atoms with Crippen LogP contribution in [0.4, 0.5) is 0 Å². The Balaban J connectivity index is 3.07. The molecule has 1 aromatic carbocycles. The molecule has 2 nitrogen and oxygen atoms in total.